The molecule has 1 aliphatic rings. The van der Waals surface area contributed by atoms with Gasteiger partial charge in [-0.05, 0) is 32.9 Å². The van der Waals surface area contributed by atoms with Crippen molar-refractivity contribution < 1.29 is 0 Å². The largest absolute Gasteiger partial charge is 0.314 e. The van der Waals surface area contributed by atoms with E-state index < -0.39 is 0 Å². The highest BCUT2D eigenvalue weighted by Gasteiger charge is 2.23. The second-order valence-corrected chi connectivity index (χ2v) is 5.01. The molecule has 1 saturated heterocycles. The number of rotatable bonds is 4. The Kier molecular flexibility index (Phi) is 3.61. The summed E-state index contributed by atoms with van der Waals surface area (Å²) < 4.78 is 1.86. The van der Waals surface area contributed by atoms with E-state index in [0.717, 1.165) is 12.5 Å². The molecule has 4 nitrogen and oxygen atoms in total. The molecular formula is C12H22N4. The zero-order chi connectivity index (χ0) is 11.5. The van der Waals surface area contributed by atoms with E-state index in [1.165, 1.54) is 25.1 Å². The van der Waals surface area contributed by atoms with Crippen LogP contribution in [0.3, 0.4) is 0 Å². The van der Waals surface area contributed by atoms with Gasteiger partial charge in [0.1, 0.15) is 0 Å². The quantitative estimate of drug-likeness (QED) is 0.820. The van der Waals surface area contributed by atoms with Gasteiger partial charge in [-0.1, -0.05) is 0 Å². The maximum absolute atomic E-state index is 4.19. The fourth-order valence-electron chi connectivity index (χ4n) is 2.49. The van der Waals surface area contributed by atoms with Gasteiger partial charge in [0.2, 0.25) is 0 Å². The third-order valence-electron chi connectivity index (χ3n) is 3.45. The van der Waals surface area contributed by atoms with Crippen LogP contribution in [0, 0.1) is 5.92 Å². The molecule has 1 aliphatic heterocycles. The Morgan fingerprint density at radius 1 is 1.62 bits per heavy atom. The molecule has 4 heteroatoms. The highest BCUT2D eigenvalue weighted by Crippen LogP contribution is 2.16. The Bertz CT molecular complexity index is 334. The van der Waals surface area contributed by atoms with Crippen molar-refractivity contribution in [2.45, 2.75) is 25.9 Å². The molecule has 16 heavy (non-hydrogen) atoms. The van der Waals surface area contributed by atoms with E-state index in [0.29, 0.717) is 6.04 Å². The molecule has 2 heterocycles. The van der Waals surface area contributed by atoms with E-state index >= 15 is 0 Å². The van der Waals surface area contributed by atoms with Crippen LogP contribution in [0.5, 0.6) is 0 Å². The molecule has 2 atom stereocenters. The number of aromatic nitrogens is 2. The van der Waals surface area contributed by atoms with Gasteiger partial charge >= 0.3 is 0 Å². The average Bonchev–Trinajstić information content (AvgIpc) is 2.77. The van der Waals surface area contributed by atoms with Crippen molar-refractivity contribution in [1.29, 1.82) is 0 Å². The van der Waals surface area contributed by atoms with E-state index in [4.69, 9.17) is 0 Å². The standard InChI is InChI=1S/C12H22N4/c1-10-12(4-5-13-10)9-15(2)7-11-6-14-16(3)8-11/h6,8,10,12-13H,4-5,7,9H2,1-3H3. The summed E-state index contributed by atoms with van der Waals surface area (Å²) in [6, 6.07) is 0.663. The van der Waals surface area contributed by atoms with Gasteiger partial charge in [0, 0.05) is 37.9 Å². The second-order valence-electron chi connectivity index (χ2n) is 5.01. The Labute approximate surface area is 97.6 Å². The van der Waals surface area contributed by atoms with Gasteiger partial charge in [-0.2, -0.15) is 5.10 Å². The summed E-state index contributed by atoms with van der Waals surface area (Å²) >= 11 is 0. The van der Waals surface area contributed by atoms with Crippen LogP contribution in [0.1, 0.15) is 18.9 Å². The minimum absolute atomic E-state index is 0.663. The summed E-state index contributed by atoms with van der Waals surface area (Å²) in [4.78, 5) is 2.39. The first kappa shape index (κ1) is 11.6. The fraction of sp³-hybridized carbons (Fsp3) is 0.750. The van der Waals surface area contributed by atoms with Crippen molar-refractivity contribution in [2.24, 2.45) is 13.0 Å². The van der Waals surface area contributed by atoms with Crippen LogP contribution in [-0.4, -0.2) is 40.9 Å². The van der Waals surface area contributed by atoms with E-state index in [1.54, 1.807) is 0 Å². The Morgan fingerprint density at radius 2 is 2.44 bits per heavy atom. The van der Waals surface area contributed by atoms with Crippen LogP contribution in [-0.2, 0) is 13.6 Å². The molecule has 0 aromatic carbocycles. The lowest BCUT2D eigenvalue weighted by molar-refractivity contribution is 0.259. The first-order chi connectivity index (χ1) is 7.65. The molecule has 2 rings (SSSR count). The van der Waals surface area contributed by atoms with Crippen molar-refractivity contribution in [2.75, 3.05) is 20.1 Å². The van der Waals surface area contributed by atoms with Crippen molar-refractivity contribution >= 4 is 0 Å². The molecule has 0 aliphatic carbocycles. The van der Waals surface area contributed by atoms with Crippen molar-refractivity contribution in [3.8, 4) is 0 Å². The summed E-state index contributed by atoms with van der Waals surface area (Å²) in [5.74, 6) is 0.793. The van der Waals surface area contributed by atoms with Crippen molar-refractivity contribution in [1.82, 2.24) is 20.0 Å². The van der Waals surface area contributed by atoms with Gasteiger partial charge < -0.3 is 10.2 Å². The molecule has 0 saturated carbocycles. The van der Waals surface area contributed by atoms with Crippen LogP contribution >= 0.6 is 0 Å². The molecule has 0 spiro atoms. The molecule has 0 bridgehead atoms. The van der Waals surface area contributed by atoms with Gasteiger partial charge in [-0.15, -0.1) is 0 Å². The van der Waals surface area contributed by atoms with E-state index in [2.05, 4.69) is 35.5 Å². The van der Waals surface area contributed by atoms with Crippen LogP contribution in [0.2, 0.25) is 0 Å². The zero-order valence-electron chi connectivity index (χ0n) is 10.5. The van der Waals surface area contributed by atoms with Crippen molar-refractivity contribution in [3.63, 3.8) is 0 Å². The van der Waals surface area contributed by atoms with E-state index in [1.807, 2.05) is 17.9 Å². The summed E-state index contributed by atoms with van der Waals surface area (Å²) in [6.45, 7) is 5.63. The van der Waals surface area contributed by atoms with Crippen molar-refractivity contribution in [3.05, 3.63) is 18.0 Å². The Balaban J connectivity index is 1.82. The van der Waals surface area contributed by atoms with Crippen LogP contribution in [0.15, 0.2) is 12.4 Å². The lowest BCUT2D eigenvalue weighted by Crippen LogP contribution is -2.32. The fourth-order valence-corrected chi connectivity index (χ4v) is 2.49. The van der Waals surface area contributed by atoms with Gasteiger partial charge in [0.15, 0.2) is 0 Å². The lowest BCUT2D eigenvalue weighted by atomic mass is 10.0. The Morgan fingerprint density at radius 3 is 3.00 bits per heavy atom. The smallest absolute Gasteiger partial charge is 0.0534 e. The maximum Gasteiger partial charge on any atom is 0.0534 e. The van der Waals surface area contributed by atoms with Gasteiger partial charge in [0.25, 0.3) is 0 Å². The third-order valence-corrected chi connectivity index (χ3v) is 3.45. The maximum atomic E-state index is 4.19. The molecule has 2 unspecified atom stereocenters. The molecule has 90 valence electrons. The number of aryl methyl sites for hydroxylation is 1. The van der Waals surface area contributed by atoms with Crippen LogP contribution in [0.25, 0.3) is 0 Å². The second kappa shape index (κ2) is 4.97. The average molecular weight is 222 g/mol. The van der Waals surface area contributed by atoms with E-state index in [9.17, 15) is 0 Å². The molecule has 1 aromatic heterocycles. The molecule has 1 fully saturated rings. The molecule has 1 aromatic rings. The van der Waals surface area contributed by atoms with Crippen LogP contribution < -0.4 is 5.32 Å². The van der Waals surface area contributed by atoms with Gasteiger partial charge in [-0.25, -0.2) is 0 Å². The van der Waals surface area contributed by atoms with Gasteiger partial charge in [-0.3, -0.25) is 4.68 Å². The molecule has 0 radical (unpaired) electrons. The summed E-state index contributed by atoms with van der Waals surface area (Å²) in [5.41, 5.74) is 1.30. The predicted molar refractivity (Wildman–Crippen MR) is 65.1 cm³/mol. The highest BCUT2D eigenvalue weighted by molar-refractivity contribution is 5.03. The minimum atomic E-state index is 0.663. The first-order valence-electron chi connectivity index (χ1n) is 6.04. The number of hydrogen-bond acceptors (Lipinski definition) is 3. The Hall–Kier alpha value is -0.870. The number of hydrogen-bond donors (Lipinski definition) is 1. The van der Waals surface area contributed by atoms with Crippen LogP contribution in [0.4, 0.5) is 0 Å². The SMILES string of the molecule is CC1NCCC1CN(C)Cc1cnn(C)c1. The predicted octanol–water partition coefficient (Wildman–Crippen LogP) is 0.850. The van der Waals surface area contributed by atoms with E-state index in [-0.39, 0.29) is 0 Å². The molecule has 1 N–H and O–H groups in total. The normalized spacial score (nSPS) is 25.5. The zero-order valence-corrected chi connectivity index (χ0v) is 10.5. The summed E-state index contributed by atoms with van der Waals surface area (Å²) in [7, 11) is 4.16. The number of nitrogens with one attached hydrogen (secondary N) is 1. The minimum Gasteiger partial charge on any atom is -0.314 e. The first-order valence-corrected chi connectivity index (χ1v) is 6.04. The molecular weight excluding hydrogens is 200 g/mol. The monoisotopic (exact) mass is 222 g/mol. The lowest BCUT2D eigenvalue weighted by Gasteiger charge is -2.22. The third kappa shape index (κ3) is 2.83. The highest BCUT2D eigenvalue weighted by atomic mass is 15.2. The topological polar surface area (TPSA) is 33.1 Å². The summed E-state index contributed by atoms with van der Waals surface area (Å²) in [5, 5.41) is 7.69. The van der Waals surface area contributed by atoms with Gasteiger partial charge in [0.05, 0.1) is 6.20 Å². The number of nitrogens with zero attached hydrogens (tertiary/aromatic N) is 3. The summed E-state index contributed by atoms with van der Waals surface area (Å²) in [6.07, 6.45) is 5.35. The molecule has 0 amide bonds.